The van der Waals surface area contributed by atoms with E-state index in [1.54, 1.807) is 0 Å². The van der Waals surface area contributed by atoms with E-state index in [-0.39, 0.29) is 0 Å². The van der Waals surface area contributed by atoms with Crippen LogP contribution in [-0.4, -0.2) is 0 Å². The van der Waals surface area contributed by atoms with Gasteiger partial charge in [-0.15, -0.1) is 0 Å². The number of hydrogen-bond acceptors (Lipinski definition) is 0. The first kappa shape index (κ1) is 20.2. The van der Waals surface area contributed by atoms with Gasteiger partial charge in [0.1, 0.15) is 0 Å². The molecule has 0 fully saturated rings. The fourth-order valence-electron chi connectivity index (χ4n) is 3.65. The van der Waals surface area contributed by atoms with E-state index in [4.69, 9.17) is 0 Å². The van der Waals surface area contributed by atoms with Crippen molar-refractivity contribution in [1.82, 2.24) is 0 Å². The fourth-order valence-corrected chi connectivity index (χ4v) is 4.03. The zero-order chi connectivity index (χ0) is 18.4. The van der Waals surface area contributed by atoms with Crippen molar-refractivity contribution < 1.29 is 0 Å². The van der Waals surface area contributed by atoms with Crippen LogP contribution in [0.25, 0.3) is 0 Å². The number of aryl methyl sites for hydroxylation is 1. The molecular weight excluding hydrogens is 368 g/mol. The Morgan fingerprint density at radius 3 is 1.92 bits per heavy atom. The minimum absolute atomic E-state index is 0.300. The molecule has 1 heteroatoms. The monoisotopic (exact) mass is 400 g/mol. The summed E-state index contributed by atoms with van der Waals surface area (Å²) in [6.45, 7) is 11.7. The number of rotatable bonds is 8. The molecule has 0 saturated heterocycles. The SMILES string of the molecule is CCC(CC(c1ccc(CBr)cc1)C(C)(C)CC)c1ccc(C)cc1. The fraction of sp³-hybridized carbons (Fsp3) is 0.500. The lowest BCUT2D eigenvalue weighted by Crippen LogP contribution is -2.23. The molecule has 2 atom stereocenters. The van der Waals surface area contributed by atoms with Crippen LogP contribution in [-0.2, 0) is 5.33 Å². The molecule has 2 rings (SSSR count). The maximum Gasteiger partial charge on any atom is 0.0283 e. The molecule has 2 unspecified atom stereocenters. The predicted molar refractivity (Wildman–Crippen MR) is 115 cm³/mol. The molecule has 0 radical (unpaired) electrons. The summed E-state index contributed by atoms with van der Waals surface area (Å²) < 4.78 is 0. The first-order valence-corrected chi connectivity index (χ1v) is 10.7. The van der Waals surface area contributed by atoms with Gasteiger partial charge in [0.05, 0.1) is 0 Å². The van der Waals surface area contributed by atoms with E-state index in [1.807, 2.05) is 0 Å². The molecule has 0 bridgehead atoms. The van der Waals surface area contributed by atoms with Gasteiger partial charge in [-0.05, 0) is 53.7 Å². The van der Waals surface area contributed by atoms with E-state index in [0.717, 1.165) is 5.33 Å². The maximum absolute atomic E-state index is 3.56. The summed E-state index contributed by atoms with van der Waals surface area (Å²) >= 11 is 3.56. The van der Waals surface area contributed by atoms with Gasteiger partial charge in [-0.1, -0.05) is 104 Å². The molecule has 0 aliphatic rings. The Kier molecular flexibility index (Phi) is 7.31. The highest BCUT2D eigenvalue weighted by Crippen LogP contribution is 2.45. The summed E-state index contributed by atoms with van der Waals surface area (Å²) in [4.78, 5) is 0. The van der Waals surface area contributed by atoms with Gasteiger partial charge in [0, 0.05) is 5.33 Å². The molecule has 2 aromatic rings. The van der Waals surface area contributed by atoms with Gasteiger partial charge in [0.25, 0.3) is 0 Å². The van der Waals surface area contributed by atoms with E-state index in [2.05, 4.69) is 99.1 Å². The van der Waals surface area contributed by atoms with Crippen LogP contribution in [0.3, 0.4) is 0 Å². The quantitative estimate of drug-likeness (QED) is 0.393. The van der Waals surface area contributed by atoms with Crippen molar-refractivity contribution in [3.05, 3.63) is 70.8 Å². The number of halogens is 1. The molecule has 0 nitrogen and oxygen atoms in total. The third-order valence-corrected chi connectivity index (χ3v) is 6.60. The van der Waals surface area contributed by atoms with Crippen molar-refractivity contribution in [1.29, 1.82) is 0 Å². The minimum Gasteiger partial charge on any atom is -0.0876 e. The Hall–Kier alpha value is -1.08. The summed E-state index contributed by atoms with van der Waals surface area (Å²) in [6, 6.07) is 18.4. The Morgan fingerprint density at radius 2 is 1.44 bits per heavy atom. The second-order valence-corrected chi connectivity index (χ2v) is 8.58. The lowest BCUT2D eigenvalue weighted by Gasteiger charge is -2.36. The summed E-state index contributed by atoms with van der Waals surface area (Å²) in [7, 11) is 0. The molecule has 0 heterocycles. The molecule has 136 valence electrons. The third-order valence-electron chi connectivity index (χ3n) is 5.95. The average molecular weight is 401 g/mol. The maximum atomic E-state index is 3.56. The van der Waals surface area contributed by atoms with E-state index < -0.39 is 0 Å². The van der Waals surface area contributed by atoms with Gasteiger partial charge in [-0.2, -0.15) is 0 Å². The van der Waals surface area contributed by atoms with Crippen molar-refractivity contribution in [3.63, 3.8) is 0 Å². The number of benzene rings is 2. The van der Waals surface area contributed by atoms with Crippen LogP contribution in [0, 0.1) is 12.3 Å². The topological polar surface area (TPSA) is 0 Å². The molecule has 0 N–H and O–H groups in total. The predicted octanol–water partition coefficient (Wildman–Crippen LogP) is 7.99. The largest absolute Gasteiger partial charge is 0.0876 e. The molecule has 0 aliphatic heterocycles. The van der Waals surface area contributed by atoms with E-state index in [9.17, 15) is 0 Å². The highest BCUT2D eigenvalue weighted by atomic mass is 79.9. The molecule has 25 heavy (non-hydrogen) atoms. The third kappa shape index (κ3) is 5.20. The standard InChI is InChI=1S/C24H33Br/c1-6-20(21-12-8-18(3)9-13-21)16-23(24(4,5)7-2)22-14-10-19(17-25)11-15-22/h8-15,20,23H,6-7,16-17H2,1-5H3. The second-order valence-electron chi connectivity index (χ2n) is 8.02. The first-order valence-electron chi connectivity index (χ1n) is 9.62. The van der Waals surface area contributed by atoms with Crippen LogP contribution in [0.4, 0.5) is 0 Å². The Balaban J connectivity index is 2.32. The zero-order valence-corrected chi connectivity index (χ0v) is 18.1. The van der Waals surface area contributed by atoms with E-state index >= 15 is 0 Å². The Bertz CT molecular complexity index is 637. The summed E-state index contributed by atoms with van der Waals surface area (Å²) in [5, 5.41) is 0.927. The van der Waals surface area contributed by atoms with Gasteiger partial charge in [0.2, 0.25) is 0 Å². The molecule has 0 spiro atoms. The number of alkyl halides is 1. The molecule has 0 aromatic heterocycles. The Morgan fingerprint density at radius 1 is 0.880 bits per heavy atom. The van der Waals surface area contributed by atoms with Gasteiger partial charge in [0.15, 0.2) is 0 Å². The normalized spacial score (nSPS) is 14.3. The summed E-state index contributed by atoms with van der Waals surface area (Å²) in [5.41, 5.74) is 5.97. The van der Waals surface area contributed by atoms with Gasteiger partial charge >= 0.3 is 0 Å². The van der Waals surface area contributed by atoms with Crippen LogP contribution >= 0.6 is 15.9 Å². The second kappa shape index (κ2) is 9.03. The molecule has 2 aromatic carbocycles. The molecule has 0 saturated carbocycles. The lowest BCUT2D eigenvalue weighted by molar-refractivity contribution is 0.248. The van der Waals surface area contributed by atoms with Crippen molar-refractivity contribution in [3.8, 4) is 0 Å². The first-order chi connectivity index (χ1) is 11.9. The molecule has 0 amide bonds. The average Bonchev–Trinajstić information content (AvgIpc) is 2.63. The van der Waals surface area contributed by atoms with E-state index in [1.165, 1.54) is 41.5 Å². The molecular formula is C24H33Br. The summed E-state index contributed by atoms with van der Waals surface area (Å²) in [5.74, 6) is 1.19. The van der Waals surface area contributed by atoms with Crippen LogP contribution in [0.15, 0.2) is 48.5 Å². The van der Waals surface area contributed by atoms with Gasteiger partial charge in [-0.3, -0.25) is 0 Å². The van der Waals surface area contributed by atoms with Crippen molar-refractivity contribution in [2.75, 3.05) is 0 Å². The van der Waals surface area contributed by atoms with E-state index in [0.29, 0.717) is 17.3 Å². The van der Waals surface area contributed by atoms with Gasteiger partial charge in [-0.25, -0.2) is 0 Å². The van der Waals surface area contributed by atoms with Crippen molar-refractivity contribution >= 4 is 15.9 Å². The van der Waals surface area contributed by atoms with Crippen LogP contribution in [0.1, 0.15) is 81.0 Å². The summed E-state index contributed by atoms with van der Waals surface area (Å²) in [6.07, 6.45) is 3.61. The van der Waals surface area contributed by atoms with Crippen molar-refractivity contribution in [2.24, 2.45) is 5.41 Å². The van der Waals surface area contributed by atoms with Crippen molar-refractivity contribution in [2.45, 2.75) is 71.0 Å². The van der Waals surface area contributed by atoms with Crippen LogP contribution in [0.5, 0.6) is 0 Å². The number of hydrogen-bond donors (Lipinski definition) is 0. The highest BCUT2D eigenvalue weighted by Gasteiger charge is 2.31. The van der Waals surface area contributed by atoms with Crippen LogP contribution in [0.2, 0.25) is 0 Å². The van der Waals surface area contributed by atoms with Gasteiger partial charge < -0.3 is 0 Å². The molecule has 0 aliphatic carbocycles. The minimum atomic E-state index is 0.300. The Labute approximate surface area is 163 Å². The highest BCUT2D eigenvalue weighted by molar-refractivity contribution is 9.08. The van der Waals surface area contributed by atoms with Crippen LogP contribution < -0.4 is 0 Å². The lowest BCUT2D eigenvalue weighted by atomic mass is 9.68. The smallest absolute Gasteiger partial charge is 0.0283 e. The zero-order valence-electron chi connectivity index (χ0n) is 16.5.